The first kappa shape index (κ1) is 11.7. The van der Waals surface area contributed by atoms with Crippen LogP contribution in [0.2, 0.25) is 0 Å². The molecule has 0 spiro atoms. The Kier molecular flexibility index (Phi) is 3.07. The van der Waals surface area contributed by atoms with Crippen LogP contribution in [0.5, 0.6) is 5.75 Å². The van der Waals surface area contributed by atoms with Crippen molar-refractivity contribution in [1.82, 2.24) is 0 Å². The lowest BCUT2D eigenvalue weighted by Gasteiger charge is -2.10. The first-order chi connectivity index (χ1) is 8.78. The molecule has 2 heterocycles. The minimum atomic E-state index is -0.0551. The Hall–Kier alpha value is -1.36. The van der Waals surface area contributed by atoms with Gasteiger partial charge in [-0.2, -0.15) is 0 Å². The van der Waals surface area contributed by atoms with Crippen LogP contribution in [0.25, 0.3) is 9.40 Å². The third-order valence-corrected chi connectivity index (χ3v) is 5.12. The van der Waals surface area contributed by atoms with Gasteiger partial charge < -0.3 is 10.5 Å². The molecular weight excluding hydrogens is 262 g/mol. The van der Waals surface area contributed by atoms with E-state index in [2.05, 4.69) is 17.5 Å². The summed E-state index contributed by atoms with van der Waals surface area (Å²) in [6, 6.07) is 12.2. The number of thiophene rings is 2. The van der Waals surface area contributed by atoms with E-state index in [-0.39, 0.29) is 6.04 Å². The summed E-state index contributed by atoms with van der Waals surface area (Å²) in [5, 5.41) is 2.11. The summed E-state index contributed by atoms with van der Waals surface area (Å²) < 4.78 is 7.79. The smallest absolute Gasteiger partial charge is 0.118 e. The molecule has 0 saturated heterocycles. The summed E-state index contributed by atoms with van der Waals surface area (Å²) in [4.78, 5) is 1.21. The topological polar surface area (TPSA) is 35.2 Å². The van der Waals surface area contributed by atoms with Gasteiger partial charge in [0.15, 0.2) is 0 Å². The van der Waals surface area contributed by atoms with Gasteiger partial charge >= 0.3 is 0 Å². The van der Waals surface area contributed by atoms with Gasteiger partial charge in [0.05, 0.1) is 13.2 Å². The minimum Gasteiger partial charge on any atom is -0.497 e. The molecule has 2 nitrogen and oxygen atoms in total. The Balaban J connectivity index is 1.92. The maximum atomic E-state index is 6.31. The molecule has 0 aliphatic rings. The number of rotatable bonds is 3. The molecule has 0 bridgehead atoms. The third kappa shape index (κ3) is 2.03. The molecule has 18 heavy (non-hydrogen) atoms. The van der Waals surface area contributed by atoms with Crippen molar-refractivity contribution in [2.24, 2.45) is 5.73 Å². The highest BCUT2D eigenvalue weighted by atomic mass is 32.1. The zero-order chi connectivity index (χ0) is 12.5. The monoisotopic (exact) mass is 275 g/mol. The van der Waals surface area contributed by atoms with Crippen LogP contribution in [0.1, 0.15) is 16.5 Å². The number of ether oxygens (including phenoxy) is 1. The molecule has 0 radical (unpaired) electrons. The SMILES string of the molecule is COc1ccc(C(N)c2cc3sccc3s2)cc1. The summed E-state index contributed by atoms with van der Waals surface area (Å²) in [6.07, 6.45) is 0. The Labute approximate surface area is 114 Å². The van der Waals surface area contributed by atoms with Gasteiger partial charge in [-0.15, -0.1) is 22.7 Å². The first-order valence-electron chi connectivity index (χ1n) is 5.64. The number of benzene rings is 1. The average Bonchev–Trinajstić information content (AvgIpc) is 2.99. The molecule has 0 saturated carbocycles. The summed E-state index contributed by atoms with van der Waals surface area (Å²) >= 11 is 3.53. The van der Waals surface area contributed by atoms with Gasteiger partial charge in [0, 0.05) is 14.3 Å². The number of hydrogen-bond donors (Lipinski definition) is 1. The number of hydrogen-bond acceptors (Lipinski definition) is 4. The molecule has 1 aromatic carbocycles. The fraction of sp³-hybridized carbons (Fsp3) is 0.143. The van der Waals surface area contributed by atoms with Crippen molar-refractivity contribution in [1.29, 1.82) is 0 Å². The van der Waals surface area contributed by atoms with E-state index in [1.54, 1.807) is 29.8 Å². The second kappa shape index (κ2) is 4.72. The molecule has 2 N–H and O–H groups in total. The van der Waals surface area contributed by atoms with Crippen molar-refractivity contribution in [2.45, 2.75) is 6.04 Å². The molecule has 0 amide bonds. The fourth-order valence-corrected chi connectivity index (χ4v) is 4.06. The second-order valence-electron chi connectivity index (χ2n) is 4.05. The molecular formula is C14H13NOS2. The maximum absolute atomic E-state index is 6.31. The molecule has 0 aliphatic carbocycles. The summed E-state index contributed by atoms with van der Waals surface area (Å²) in [6.45, 7) is 0. The number of nitrogens with two attached hydrogens (primary N) is 1. The van der Waals surface area contributed by atoms with E-state index < -0.39 is 0 Å². The Morgan fingerprint density at radius 2 is 1.89 bits per heavy atom. The fourth-order valence-electron chi connectivity index (χ4n) is 1.91. The van der Waals surface area contributed by atoms with Crippen molar-refractivity contribution in [3.63, 3.8) is 0 Å². The maximum Gasteiger partial charge on any atom is 0.118 e. The molecule has 3 rings (SSSR count). The Morgan fingerprint density at radius 1 is 1.11 bits per heavy atom. The summed E-state index contributed by atoms with van der Waals surface area (Å²) in [5.74, 6) is 0.859. The molecule has 0 fully saturated rings. The zero-order valence-corrected chi connectivity index (χ0v) is 11.6. The van der Waals surface area contributed by atoms with Gasteiger partial charge in [0.1, 0.15) is 5.75 Å². The lowest BCUT2D eigenvalue weighted by molar-refractivity contribution is 0.414. The lowest BCUT2D eigenvalue weighted by atomic mass is 10.1. The van der Waals surface area contributed by atoms with Gasteiger partial charge in [-0.25, -0.2) is 0 Å². The van der Waals surface area contributed by atoms with Gasteiger partial charge in [0.2, 0.25) is 0 Å². The van der Waals surface area contributed by atoms with Gasteiger partial charge in [-0.1, -0.05) is 12.1 Å². The number of methoxy groups -OCH3 is 1. The molecule has 0 aliphatic heterocycles. The van der Waals surface area contributed by atoms with Crippen LogP contribution in [0.15, 0.2) is 41.8 Å². The highest BCUT2D eigenvalue weighted by Gasteiger charge is 2.12. The van der Waals surface area contributed by atoms with Crippen LogP contribution in [-0.4, -0.2) is 7.11 Å². The standard InChI is InChI=1S/C14H13NOS2/c1-16-10-4-2-9(3-5-10)14(15)13-8-12-11(18-13)6-7-17-12/h2-8,14H,15H2,1H3. The first-order valence-corrected chi connectivity index (χ1v) is 7.34. The van der Waals surface area contributed by atoms with Gasteiger partial charge in [-0.3, -0.25) is 0 Å². The van der Waals surface area contributed by atoms with Crippen molar-refractivity contribution in [3.8, 4) is 5.75 Å². The molecule has 2 aromatic heterocycles. The highest BCUT2D eigenvalue weighted by molar-refractivity contribution is 7.27. The normalized spacial score (nSPS) is 12.8. The Bertz CT molecular complexity index is 625. The number of fused-ring (bicyclic) bond motifs is 1. The van der Waals surface area contributed by atoms with Crippen LogP contribution >= 0.6 is 22.7 Å². The van der Waals surface area contributed by atoms with Crippen LogP contribution in [0, 0.1) is 0 Å². The predicted molar refractivity (Wildman–Crippen MR) is 78.7 cm³/mol. The molecule has 3 aromatic rings. The van der Waals surface area contributed by atoms with Crippen molar-refractivity contribution in [2.75, 3.05) is 7.11 Å². The van der Waals surface area contributed by atoms with E-state index in [1.807, 2.05) is 24.3 Å². The highest BCUT2D eigenvalue weighted by Crippen LogP contribution is 2.35. The van der Waals surface area contributed by atoms with Crippen molar-refractivity contribution in [3.05, 3.63) is 52.2 Å². The summed E-state index contributed by atoms with van der Waals surface area (Å²) in [5.41, 5.74) is 7.42. The zero-order valence-electron chi connectivity index (χ0n) is 9.92. The minimum absolute atomic E-state index is 0.0551. The molecule has 1 atom stereocenters. The van der Waals surface area contributed by atoms with Crippen LogP contribution in [0.3, 0.4) is 0 Å². The van der Waals surface area contributed by atoms with E-state index in [9.17, 15) is 0 Å². The van der Waals surface area contributed by atoms with E-state index >= 15 is 0 Å². The van der Waals surface area contributed by atoms with E-state index in [0.717, 1.165) is 11.3 Å². The van der Waals surface area contributed by atoms with Gasteiger partial charge in [0.25, 0.3) is 0 Å². The Morgan fingerprint density at radius 3 is 2.56 bits per heavy atom. The van der Waals surface area contributed by atoms with Crippen molar-refractivity contribution < 1.29 is 4.74 Å². The quantitative estimate of drug-likeness (QED) is 0.783. The van der Waals surface area contributed by atoms with E-state index in [0.29, 0.717) is 0 Å². The third-order valence-electron chi connectivity index (χ3n) is 2.94. The van der Waals surface area contributed by atoms with Crippen LogP contribution < -0.4 is 10.5 Å². The van der Waals surface area contributed by atoms with Crippen LogP contribution in [0.4, 0.5) is 0 Å². The largest absolute Gasteiger partial charge is 0.497 e. The predicted octanol–water partition coefficient (Wildman–Crippen LogP) is 4.02. The lowest BCUT2D eigenvalue weighted by Crippen LogP contribution is -2.09. The molecule has 92 valence electrons. The van der Waals surface area contributed by atoms with Crippen molar-refractivity contribution >= 4 is 32.1 Å². The molecule has 1 unspecified atom stereocenters. The van der Waals surface area contributed by atoms with Crippen LogP contribution in [-0.2, 0) is 0 Å². The molecule has 4 heteroatoms. The van der Waals surface area contributed by atoms with E-state index in [4.69, 9.17) is 10.5 Å². The van der Waals surface area contributed by atoms with Gasteiger partial charge in [-0.05, 0) is 35.2 Å². The average molecular weight is 275 g/mol. The second-order valence-corrected chi connectivity index (χ2v) is 6.11. The van der Waals surface area contributed by atoms with E-state index in [1.165, 1.54) is 14.3 Å². The summed E-state index contributed by atoms with van der Waals surface area (Å²) in [7, 11) is 1.67.